The van der Waals surface area contributed by atoms with Crippen molar-refractivity contribution in [3.63, 3.8) is 0 Å². The van der Waals surface area contributed by atoms with Gasteiger partial charge in [-0.3, -0.25) is 4.79 Å². The van der Waals surface area contributed by atoms with Crippen LogP contribution in [0, 0.1) is 0 Å². The molecule has 0 spiro atoms. The van der Waals surface area contributed by atoms with E-state index in [4.69, 9.17) is 16.3 Å². The summed E-state index contributed by atoms with van der Waals surface area (Å²) in [5, 5.41) is 3.39. The van der Waals surface area contributed by atoms with Crippen LogP contribution >= 0.6 is 11.6 Å². The summed E-state index contributed by atoms with van der Waals surface area (Å²) in [6.07, 6.45) is 2.10. The van der Waals surface area contributed by atoms with Crippen molar-refractivity contribution in [3.05, 3.63) is 58.6 Å². The van der Waals surface area contributed by atoms with E-state index in [0.717, 1.165) is 24.3 Å². The average Bonchev–Trinajstić information content (AvgIpc) is 2.95. The Balaban J connectivity index is 1.58. The minimum absolute atomic E-state index is 0.0279. The second kappa shape index (κ2) is 6.19. The number of amides is 1. The first-order valence-corrected chi connectivity index (χ1v) is 7.39. The van der Waals surface area contributed by atoms with Gasteiger partial charge in [-0.25, -0.2) is 0 Å². The SMILES string of the molecule is O=C(CCc1ccc2c(c1)CCO2)Nc1ccccc1Cl. The Morgan fingerprint density at radius 1 is 1.24 bits per heavy atom. The van der Waals surface area contributed by atoms with Gasteiger partial charge in [0.15, 0.2) is 0 Å². The number of hydrogen-bond donors (Lipinski definition) is 1. The van der Waals surface area contributed by atoms with Crippen LogP contribution in [0.3, 0.4) is 0 Å². The van der Waals surface area contributed by atoms with Crippen LogP contribution in [-0.2, 0) is 17.6 Å². The van der Waals surface area contributed by atoms with E-state index in [2.05, 4.69) is 11.4 Å². The molecule has 0 bridgehead atoms. The molecule has 0 fully saturated rings. The van der Waals surface area contributed by atoms with Gasteiger partial charge in [0.25, 0.3) is 0 Å². The normalized spacial score (nSPS) is 12.6. The van der Waals surface area contributed by atoms with Crippen LogP contribution < -0.4 is 10.1 Å². The Labute approximate surface area is 128 Å². The maximum Gasteiger partial charge on any atom is 0.224 e. The number of anilines is 1. The third-order valence-electron chi connectivity index (χ3n) is 3.54. The first-order valence-electron chi connectivity index (χ1n) is 7.01. The molecule has 21 heavy (non-hydrogen) atoms. The van der Waals surface area contributed by atoms with Gasteiger partial charge in [0, 0.05) is 12.8 Å². The average molecular weight is 302 g/mol. The van der Waals surface area contributed by atoms with Gasteiger partial charge in [-0.2, -0.15) is 0 Å². The molecule has 2 aromatic rings. The summed E-state index contributed by atoms with van der Waals surface area (Å²) in [5.74, 6) is 0.944. The zero-order chi connectivity index (χ0) is 14.7. The van der Waals surface area contributed by atoms with Crippen molar-refractivity contribution in [2.45, 2.75) is 19.3 Å². The van der Waals surface area contributed by atoms with Crippen molar-refractivity contribution in [1.29, 1.82) is 0 Å². The van der Waals surface area contributed by atoms with Crippen LogP contribution in [0.15, 0.2) is 42.5 Å². The highest BCUT2D eigenvalue weighted by Gasteiger charge is 2.12. The van der Waals surface area contributed by atoms with E-state index < -0.39 is 0 Å². The molecule has 1 amide bonds. The molecule has 3 rings (SSSR count). The number of nitrogens with one attached hydrogen (secondary N) is 1. The van der Waals surface area contributed by atoms with Crippen LogP contribution in [0.1, 0.15) is 17.5 Å². The van der Waals surface area contributed by atoms with Gasteiger partial charge < -0.3 is 10.1 Å². The summed E-state index contributed by atoms with van der Waals surface area (Å²) < 4.78 is 5.48. The minimum atomic E-state index is -0.0279. The van der Waals surface area contributed by atoms with Gasteiger partial charge >= 0.3 is 0 Å². The standard InChI is InChI=1S/C17H16ClNO2/c18-14-3-1-2-4-15(14)19-17(20)8-6-12-5-7-16-13(11-12)9-10-21-16/h1-5,7,11H,6,8-10H2,(H,19,20). The summed E-state index contributed by atoms with van der Waals surface area (Å²) in [5.41, 5.74) is 3.05. The molecule has 1 N–H and O–H groups in total. The number of aryl methyl sites for hydroxylation is 1. The topological polar surface area (TPSA) is 38.3 Å². The van der Waals surface area contributed by atoms with Gasteiger partial charge in [0.1, 0.15) is 5.75 Å². The number of ether oxygens (including phenoxy) is 1. The molecule has 1 aliphatic heterocycles. The maximum absolute atomic E-state index is 12.0. The molecule has 3 nitrogen and oxygen atoms in total. The van der Waals surface area contributed by atoms with Crippen LogP contribution in [-0.4, -0.2) is 12.5 Å². The van der Waals surface area contributed by atoms with Crippen LogP contribution in [0.5, 0.6) is 5.75 Å². The Bertz CT molecular complexity index is 670. The predicted molar refractivity (Wildman–Crippen MR) is 84.0 cm³/mol. The van der Waals surface area contributed by atoms with Crippen molar-refractivity contribution in [1.82, 2.24) is 0 Å². The molecule has 4 heteroatoms. The molecule has 0 saturated carbocycles. The van der Waals surface area contributed by atoms with Gasteiger partial charge in [0.2, 0.25) is 5.91 Å². The summed E-state index contributed by atoms with van der Waals surface area (Å²) in [7, 11) is 0. The van der Waals surface area contributed by atoms with Crippen molar-refractivity contribution < 1.29 is 9.53 Å². The lowest BCUT2D eigenvalue weighted by Gasteiger charge is -2.07. The largest absolute Gasteiger partial charge is 0.493 e. The number of carbonyl (C=O) groups is 1. The summed E-state index contributed by atoms with van der Waals surface area (Å²) in [4.78, 5) is 12.0. The third-order valence-corrected chi connectivity index (χ3v) is 3.87. The molecule has 0 radical (unpaired) electrons. The monoisotopic (exact) mass is 301 g/mol. The molecule has 1 aliphatic rings. The molecule has 0 atom stereocenters. The van der Waals surface area contributed by atoms with Crippen LogP contribution in [0.25, 0.3) is 0 Å². The van der Waals surface area contributed by atoms with E-state index in [1.54, 1.807) is 12.1 Å². The van der Waals surface area contributed by atoms with Crippen LogP contribution in [0.4, 0.5) is 5.69 Å². The molecular formula is C17H16ClNO2. The van der Waals surface area contributed by atoms with E-state index in [1.165, 1.54) is 5.56 Å². The second-order valence-corrected chi connectivity index (χ2v) is 5.48. The fraction of sp³-hybridized carbons (Fsp3) is 0.235. The van der Waals surface area contributed by atoms with E-state index in [0.29, 0.717) is 23.6 Å². The van der Waals surface area contributed by atoms with Crippen molar-refractivity contribution in [3.8, 4) is 5.75 Å². The fourth-order valence-electron chi connectivity index (χ4n) is 2.43. The number of para-hydroxylation sites is 1. The van der Waals surface area contributed by atoms with Crippen molar-refractivity contribution in [2.24, 2.45) is 0 Å². The first kappa shape index (κ1) is 14.0. The zero-order valence-electron chi connectivity index (χ0n) is 11.6. The summed E-state index contributed by atoms with van der Waals surface area (Å²) in [6.45, 7) is 0.756. The zero-order valence-corrected chi connectivity index (χ0v) is 12.3. The lowest BCUT2D eigenvalue weighted by molar-refractivity contribution is -0.116. The number of carbonyl (C=O) groups excluding carboxylic acids is 1. The number of benzene rings is 2. The lowest BCUT2D eigenvalue weighted by atomic mass is 10.0. The van der Waals surface area contributed by atoms with Crippen molar-refractivity contribution in [2.75, 3.05) is 11.9 Å². The highest BCUT2D eigenvalue weighted by Crippen LogP contribution is 2.26. The van der Waals surface area contributed by atoms with Gasteiger partial charge in [-0.1, -0.05) is 35.9 Å². The first-order chi connectivity index (χ1) is 10.2. The Morgan fingerprint density at radius 3 is 2.95 bits per heavy atom. The summed E-state index contributed by atoms with van der Waals surface area (Å²) >= 11 is 6.02. The minimum Gasteiger partial charge on any atom is -0.493 e. The molecule has 0 aliphatic carbocycles. The third kappa shape index (κ3) is 3.37. The van der Waals surface area contributed by atoms with Crippen LogP contribution in [0.2, 0.25) is 5.02 Å². The van der Waals surface area contributed by atoms with E-state index in [9.17, 15) is 4.79 Å². The fourth-order valence-corrected chi connectivity index (χ4v) is 2.61. The molecular weight excluding hydrogens is 286 g/mol. The summed E-state index contributed by atoms with van der Waals surface area (Å²) in [6, 6.07) is 13.4. The molecule has 0 aromatic heterocycles. The molecule has 2 aromatic carbocycles. The molecule has 1 heterocycles. The Morgan fingerprint density at radius 2 is 2.10 bits per heavy atom. The maximum atomic E-state index is 12.0. The van der Waals surface area contributed by atoms with Gasteiger partial charge in [-0.05, 0) is 35.7 Å². The number of halogens is 1. The highest BCUT2D eigenvalue weighted by atomic mass is 35.5. The van der Waals surface area contributed by atoms with Gasteiger partial charge in [-0.15, -0.1) is 0 Å². The lowest BCUT2D eigenvalue weighted by Crippen LogP contribution is -2.12. The highest BCUT2D eigenvalue weighted by molar-refractivity contribution is 6.33. The van der Waals surface area contributed by atoms with E-state index in [1.807, 2.05) is 24.3 Å². The second-order valence-electron chi connectivity index (χ2n) is 5.07. The Hall–Kier alpha value is -2.00. The Kier molecular flexibility index (Phi) is 4.11. The van der Waals surface area contributed by atoms with E-state index >= 15 is 0 Å². The molecule has 108 valence electrons. The number of rotatable bonds is 4. The van der Waals surface area contributed by atoms with E-state index in [-0.39, 0.29) is 5.91 Å². The number of fused-ring (bicyclic) bond motifs is 1. The number of hydrogen-bond acceptors (Lipinski definition) is 2. The predicted octanol–water partition coefficient (Wildman–Crippen LogP) is 3.85. The smallest absolute Gasteiger partial charge is 0.224 e. The quantitative estimate of drug-likeness (QED) is 0.931. The van der Waals surface area contributed by atoms with Crippen molar-refractivity contribution >= 4 is 23.2 Å². The molecule has 0 unspecified atom stereocenters. The van der Waals surface area contributed by atoms with Gasteiger partial charge in [0.05, 0.1) is 17.3 Å². The molecule has 0 saturated heterocycles.